The minimum atomic E-state index is -0.400. The molecule has 2 aromatic heterocycles. The topological polar surface area (TPSA) is 83.6 Å². The van der Waals surface area contributed by atoms with Crippen molar-refractivity contribution in [3.63, 3.8) is 0 Å². The Morgan fingerprint density at radius 1 is 1.21 bits per heavy atom. The van der Waals surface area contributed by atoms with Gasteiger partial charge in [0.15, 0.2) is 0 Å². The molecule has 2 heterocycles. The van der Waals surface area contributed by atoms with E-state index in [1.165, 1.54) is 10.9 Å². The number of anilines is 1. The number of rotatable bonds is 5. The van der Waals surface area contributed by atoms with Crippen molar-refractivity contribution < 1.29 is 4.79 Å². The number of hydrogen-bond donors (Lipinski definition) is 1. The summed E-state index contributed by atoms with van der Waals surface area (Å²) in [5, 5.41) is 15.8. The molecule has 1 amide bonds. The minimum Gasteiger partial charge on any atom is -0.305 e. The zero-order valence-electron chi connectivity index (χ0n) is 15.8. The Morgan fingerprint density at radius 2 is 1.97 bits per heavy atom. The van der Waals surface area contributed by atoms with Crippen molar-refractivity contribution in [2.45, 2.75) is 26.3 Å². The number of nitriles is 1. The molecule has 3 aromatic rings. The summed E-state index contributed by atoms with van der Waals surface area (Å²) in [6.45, 7) is 2.28. The van der Waals surface area contributed by atoms with Gasteiger partial charge in [0.2, 0.25) is 0 Å². The second-order valence-corrected chi connectivity index (χ2v) is 6.69. The molecular weight excluding hydrogens is 386 g/mol. The number of unbranched alkanes of at least 4 members (excludes halogenated alkanes) is 1. The summed E-state index contributed by atoms with van der Waals surface area (Å²) < 4.78 is 1.50. The van der Waals surface area contributed by atoms with Crippen LogP contribution in [-0.2, 0) is 6.54 Å². The summed E-state index contributed by atoms with van der Waals surface area (Å²) in [6.07, 6.45) is 4.00. The molecule has 7 heteroatoms. The van der Waals surface area contributed by atoms with Gasteiger partial charge in [-0.25, -0.2) is 4.98 Å². The van der Waals surface area contributed by atoms with Gasteiger partial charge in [-0.2, -0.15) is 10.4 Å². The lowest BCUT2D eigenvalue weighted by molar-refractivity contribution is 0.101. The molecule has 0 unspecified atom stereocenters. The first kappa shape index (κ1) is 20.1. The fourth-order valence-corrected chi connectivity index (χ4v) is 2.90. The Bertz CT molecular complexity index is 1120. The maximum absolute atomic E-state index is 12.7. The van der Waals surface area contributed by atoms with Gasteiger partial charge in [-0.15, -0.1) is 0 Å². The van der Waals surface area contributed by atoms with Crippen LogP contribution < -0.4 is 5.32 Å². The van der Waals surface area contributed by atoms with Gasteiger partial charge in [0.1, 0.15) is 11.5 Å². The lowest BCUT2D eigenvalue weighted by atomic mass is 10.1. The van der Waals surface area contributed by atoms with Gasteiger partial charge in [0.25, 0.3) is 5.91 Å². The fraction of sp³-hybridized carbons (Fsp3) is 0.182. The number of aromatic nitrogens is 3. The zero-order valence-corrected chi connectivity index (χ0v) is 16.6. The lowest BCUT2D eigenvalue weighted by Gasteiger charge is -2.10. The van der Waals surface area contributed by atoms with Crippen LogP contribution in [0, 0.1) is 30.1 Å². The highest BCUT2D eigenvalue weighted by Gasteiger charge is 2.18. The van der Waals surface area contributed by atoms with E-state index in [0.717, 1.165) is 16.7 Å². The number of nitrogens with one attached hydrogen (secondary N) is 1. The van der Waals surface area contributed by atoms with Crippen LogP contribution in [0.25, 0.3) is 0 Å². The van der Waals surface area contributed by atoms with E-state index in [1.807, 2.05) is 43.3 Å². The fourth-order valence-electron chi connectivity index (χ4n) is 2.67. The van der Waals surface area contributed by atoms with Crippen molar-refractivity contribution >= 4 is 23.3 Å². The highest BCUT2D eigenvalue weighted by Crippen LogP contribution is 2.19. The van der Waals surface area contributed by atoms with Crippen molar-refractivity contribution in [2.24, 2.45) is 0 Å². The zero-order chi connectivity index (χ0) is 20.6. The maximum Gasteiger partial charge on any atom is 0.276 e. The van der Waals surface area contributed by atoms with Crippen molar-refractivity contribution in [1.82, 2.24) is 14.8 Å². The molecule has 0 aliphatic carbocycles. The van der Waals surface area contributed by atoms with Crippen LogP contribution in [0.2, 0.25) is 5.02 Å². The molecule has 0 saturated heterocycles. The SMILES string of the molecule is Cc1cc(C#Cc2ccccc2)cnc1NC(=O)c1c(Cl)cnn1CCCC#N. The van der Waals surface area contributed by atoms with Crippen LogP contribution >= 0.6 is 11.6 Å². The second-order valence-electron chi connectivity index (χ2n) is 6.29. The number of benzene rings is 1. The van der Waals surface area contributed by atoms with Gasteiger partial charge in [-0.05, 0) is 37.1 Å². The van der Waals surface area contributed by atoms with E-state index in [9.17, 15) is 4.79 Å². The van der Waals surface area contributed by atoms with Crippen LogP contribution in [0.15, 0.2) is 48.8 Å². The number of hydrogen-bond acceptors (Lipinski definition) is 4. The lowest BCUT2D eigenvalue weighted by Crippen LogP contribution is -2.19. The van der Waals surface area contributed by atoms with Gasteiger partial charge in [-0.1, -0.05) is 41.6 Å². The predicted octanol–water partition coefficient (Wildman–Crippen LogP) is 4.20. The molecule has 0 atom stereocenters. The molecule has 0 saturated carbocycles. The third-order valence-electron chi connectivity index (χ3n) is 4.10. The summed E-state index contributed by atoms with van der Waals surface area (Å²) >= 11 is 6.14. The molecule has 1 aromatic carbocycles. The molecule has 6 nitrogen and oxygen atoms in total. The van der Waals surface area contributed by atoms with E-state index in [2.05, 4.69) is 33.3 Å². The monoisotopic (exact) mass is 403 g/mol. The number of carbonyl (C=O) groups excluding carboxylic acids is 1. The average Bonchev–Trinajstić information content (AvgIpc) is 3.09. The van der Waals surface area contributed by atoms with Crippen LogP contribution in [0.1, 0.15) is 40.0 Å². The van der Waals surface area contributed by atoms with Crippen LogP contribution in [0.4, 0.5) is 5.82 Å². The first-order valence-corrected chi connectivity index (χ1v) is 9.39. The molecule has 0 spiro atoms. The molecule has 0 aliphatic heterocycles. The first-order valence-electron chi connectivity index (χ1n) is 9.02. The van der Waals surface area contributed by atoms with Crippen molar-refractivity contribution in [1.29, 1.82) is 5.26 Å². The standard InChI is InChI=1S/C22H18ClN5O/c1-16-13-18(10-9-17-7-3-2-4-8-17)14-25-21(16)27-22(29)20-19(23)15-26-28(20)12-6-5-11-24/h2-4,7-8,13-15H,5-6,12H2,1H3,(H,25,27,29). The Labute approximate surface area is 174 Å². The molecule has 0 bridgehead atoms. The van der Waals surface area contributed by atoms with Gasteiger partial charge in [0.05, 0.1) is 17.3 Å². The highest BCUT2D eigenvalue weighted by molar-refractivity contribution is 6.34. The number of nitrogens with zero attached hydrogens (tertiary/aromatic N) is 4. The van der Waals surface area contributed by atoms with Crippen LogP contribution in [0.5, 0.6) is 0 Å². The van der Waals surface area contributed by atoms with Crippen LogP contribution in [0.3, 0.4) is 0 Å². The molecule has 0 radical (unpaired) electrons. The molecule has 29 heavy (non-hydrogen) atoms. The summed E-state index contributed by atoms with van der Waals surface area (Å²) in [6, 6.07) is 13.6. The van der Waals surface area contributed by atoms with Crippen molar-refractivity contribution in [3.8, 4) is 17.9 Å². The average molecular weight is 404 g/mol. The van der Waals surface area contributed by atoms with Crippen LogP contribution in [-0.4, -0.2) is 20.7 Å². The van der Waals surface area contributed by atoms with Crippen molar-refractivity contribution in [2.75, 3.05) is 5.32 Å². The molecule has 1 N–H and O–H groups in total. The van der Waals surface area contributed by atoms with E-state index in [0.29, 0.717) is 25.2 Å². The largest absolute Gasteiger partial charge is 0.305 e. The molecule has 144 valence electrons. The Kier molecular flexibility index (Phi) is 6.63. The first-order chi connectivity index (χ1) is 14.1. The minimum absolute atomic E-state index is 0.249. The summed E-state index contributed by atoms with van der Waals surface area (Å²) in [5.41, 5.74) is 2.70. The van der Waals surface area contributed by atoms with Gasteiger partial charge >= 0.3 is 0 Å². The molecular formula is C22H18ClN5O. The third kappa shape index (κ3) is 5.22. The van der Waals surface area contributed by atoms with E-state index >= 15 is 0 Å². The summed E-state index contributed by atoms with van der Waals surface area (Å²) in [5.74, 6) is 6.18. The third-order valence-corrected chi connectivity index (χ3v) is 4.38. The number of carbonyl (C=O) groups is 1. The Hall–Kier alpha value is -3.61. The summed E-state index contributed by atoms with van der Waals surface area (Å²) in [7, 11) is 0. The Balaban J connectivity index is 1.74. The normalized spacial score (nSPS) is 9.97. The molecule has 3 rings (SSSR count). The predicted molar refractivity (Wildman–Crippen MR) is 111 cm³/mol. The number of aryl methyl sites for hydroxylation is 2. The smallest absolute Gasteiger partial charge is 0.276 e. The molecule has 0 fully saturated rings. The highest BCUT2D eigenvalue weighted by atomic mass is 35.5. The van der Waals surface area contributed by atoms with E-state index in [4.69, 9.17) is 16.9 Å². The van der Waals surface area contributed by atoms with Gasteiger partial charge in [0, 0.05) is 30.3 Å². The number of pyridine rings is 1. The van der Waals surface area contributed by atoms with E-state index < -0.39 is 5.91 Å². The van der Waals surface area contributed by atoms with E-state index in [-0.39, 0.29) is 10.7 Å². The quantitative estimate of drug-likeness (QED) is 0.511. The number of halogens is 1. The van der Waals surface area contributed by atoms with E-state index in [1.54, 1.807) is 6.20 Å². The van der Waals surface area contributed by atoms with Gasteiger partial charge < -0.3 is 5.32 Å². The maximum atomic E-state index is 12.7. The second kappa shape index (κ2) is 9.54. The number of amides is 1. The molecule has 0 aliphatic rings. The van der Waals surface area contributed by atoms with Gasteiger partial charge in [-0.3, -0.25) is 9.48 Å². The van der Waals surface area contributed by atoms with Crippen molar-refractivity contribution in [3.05, 3.63) is 76.2 Å². The summed E-state index contributed by atoms with van der Waals surface area (Å²) in [4.78, 5) is 17.0. The Morgan fingerprint density at radius 3 is 2.69 bits per heavy atom.